The van der Waals surface area contributed by atoms with Crippen LogP contribution in [-0.2, 0) is 17.7 Å². The highest BCUT2D eigenvalue weighted by Crippen LogP contribution is 2.45. The second-order valence-electron chi connectivity index (χ2n) is 6.94. The minimum absolute atomic E-state index is 0.103. The van der Waals surface area contributed by atoms with Crippen LogP contribution >= 0.6 is 0 Å². The lowest BCUT2D eigenvalue weighted by Crippen LogP contribution is -2.49. The minimum Gasteiger partial charge on any atom is -0.378 e. The lowest BCUT2D eigenvalue weighted by Gasteiger charge is -2.28. The number of aromatic nitrogens is 2. The molecule has 1 saturated heterocycles. The van der Waals surface area contributed by atoms with Crippen LogP contribution in [0.5, 0.6) is 0 Å². The summed E-state index contributed by atoms with van der Waals surface area (Å²) >= 11 is 0. The Labute approximate surface area is 150 Å². The zero-order valence-electron chi connectivity index (χ0n) is 14.2. The van der Waals surface area contributed by atoms with E-state index < -0.39 is 35.7 Å². The van der Waals surface area contributed by atoms with E-state index in [1.807, 2.05) is 0 Å². The normalized spacial score (nSPS) is 25.1. The first-order valence-corrected chi connectivity index (χ1v) is 8.29. The summed E-state index contributed by atoms with van der Waals surface area (Å²) in [7, 11) is 0. The molecule has 1 fully saturated rings. The molecule has 1 aromatic carbocycles. The predicted molar refractivity (Wildman–Crippen MR) is 82.9 cm³/mol. The highest BCUT2D eigenvalue weighted by molar-refractivity contribution is 5.37. The molecule has 10 heteroatoms. The SMILES string of the molecule is C[C@@](O)(C1OC1N1CCc2c(cnn2-c2ccc(F)cc2F)C1)C(F)(F)F. The Bertz CT molecular complexity index is 880. The molecule has 2 aromatic rings. The molecule has 2 unspecified atom stereocenters. The molecule has 3 heterocycles. The Morgan fingerprint density at radius 1 is 1.26 bits per heavy atom. The first-order valence-electron chi connectivity index (χ1n) is 8.29. The zero-order valence-corrected chi connectivity index (χ0v) is 14.2. The number of aliphatic hydroxyl groups is 1. The molecule has 1 aromatic heterocycles. The summed E-state index contributed by atoms with van der Waals surface area (Å²) in [6, 6.07) is 3.18. The molecule has 1 N–H and O–H groups in total. The fraction of sp³-hybridized carbons (Fsp3) is 0.471. The van der Waals surface area contributed by atoms with E-state index in [4.69, 9.17) is 4.74 Å². The van der Waals surface area contributed by atoms with Crippen LogP contribution in [-0.4, -0.2) is 50.4 Å². The predicted octanol–water partition coefficient (Wildman–Crippen LogP) is 2.55. The van der Waals surface area contributed by atoms with E-state index in [2.05, 4.69) is 5.10 Å². The number of hydrogen-bond acceptors (Lipinski definition) is 4. The van der Waals surface area contributed by atoms with E-state index in [1.54, 1.807) is 4.90 Å². The van der Waals surface area contributed by atoms with Gasteiger partial charge in [-0.3, -0.25) is 4.90 Å². The molecule has 4 rings (SSSR count). The van der Waals surface area contributed by atoms with E-state index in [0.29, 0.717) is 31.1 Å². The molecule has 0 bridgehead atoms. The smallest absolute Gasteiger partial charge is 0.378 e. The van der Waals surface area contributed by atoms with Crippen molar-refractivity contribution in [3.05, 3.63) is 47.3 Å². The van der Waals surface area contributed by atoms with Crippen molar-refractivity contribution < 1.29 is 31.8 Å². The van der Waals surface area contributed by atoms with Crippen LogP contribution in [0.2, 0.25) is 0 Å². The molecular weight excluding hydrogens is 373 g/mol. The Kier molecular flexibility index (Phi) is 4.06. The number of ether oxygens (including phenoxy) is 1. The summed E-state index contributed by atoms with van der Waals surface area (Å²) < 4.78 is 72.4. The number of hydrogen-bond donors (Lipinski definition) is 1. The van der Waals surface area contributed by atoms with Crippen molar-refractivity contribution in [2.45, 2.75) is 44.0 Å². The van der Waals surface area contributed by atoms with Gasteiger partial charge < -0.3 is 9.84 Å². The van der Waals surface area contributed by atoms with Crippen LogP contribution in [0.25, 0.3) is 5.69 Å². The van der Waals surface area contributed by atoms with Crippen LogP contribution in [0.1, 0.15) is 18.2 Å². The molecule has 2 aliphatic rings. The second-order valence-corrected chi connectivity index (χ2v) is 6.94. The lowest BCUT2D eigenvalue weighted by atomic mass is 10.00. The van der Waals surface area contributed by atoms with Gasteiger partial charge in [0.15, 0.2) is 11.4 Å². The Morgan fingerprint density at radius 3 is 2.67 bits per heavy atom. The number of fused-ring (bicyclic) bond motifs is 1. The van der Waals surface area contributed by atoms with Gasteiger partial charge in [0, 0.05) is 31.1 Å². The van der Waals surface area contributed by atoms with E-state index in [9.17, 15) is 27.1 Å². The van der Waals surface area contributed by atoms with Crippen molar-refractivity contribution in [2.24, 2.45) is 0 Å². The van der Waals surface area contributed by atoms with Crippen molar-refractivity contribution in [3.63, 3.8) is 0 Å². The van der Waals surface area contributed by atoms with E-state index in [0.717, 1.165) is 12.1 Å². The van der Waals surface area contributed by atoms with E-state index >= 15 is 0 Å². The standard InChI is InChI=1S/C17H16F5N3O2/c1-16(26,17(20,21)22)14-15(27-14)24-5-4-12-9(8-24)7-23-25(12)13-3-2-10(18)6-11(13)19/h2-3,6-7,14-15,26H,4-5,8H2,1H3/t14?,15?,16-/m1/s1. The van der Waals surface area contributed by atoms with Crippen molar-refractivity contribution >= 4 is 0 Å². The second kappa shape index (κ2) is 5.98. The Hall–Kier alpha value is -2.04. The first kappa shape index (κ1) is 18.3. The van der Waals surface area contributed by atoms with E-state index in [-0.39, 0.29) is 12.2 Å². The molecule has 0 spiro atoms. The van der Waals surface area contributed by atoms with Gasteiger partial charge in [-0.25, -0.2) is 13.5 Å². The van der Waals surface area contributed by atoms with Gasteiger partial charge in [-0.05, 0) is 19.1 Å². The first-order chi connectivity index (χ1) is 12.6. The van der Waals surface area contributed by atoms with Crippen LogP contribution in [0.3, 0.4) is 0 Å². The average Bonchev–Trinajstić information content (AvgIpc) is 3.29. The maximum Gasteiger partial charge on any atom is 0.419 e. The average molecular weight is 389 g/mol. The maximum atomic E-state index is 14.0. The summed E-state index contributed by atoms with van der Waals surface area (Å²) in [6.45, 7) is 1.31. The molecule has 5 nitrogen and oxygen atoms in total. The van der Waals surface area contributed by atoms with Crippen LogP contribution in [0.4, 0.5) is 22.0 Å². The highest BCUT2D eigenvalue weighted by atomic mass is 19.4. The van der Waals surface area contributed by atoms with E-state index in [1.165, 1.54) is 16.9 Å². The van der Waals surface area contributed by atoms with Gasteiger partial charge in [-0.1, -0.05) is 0 Å². The van der Waals surface area contributed by atoms with Gasteiger partial charge >= 0.3 is 6.18 Å². The molecule has 0 amide bonds. The van der Waals surface area contributed by atoms with Gasteiger partial charge in [0.25, 0.3) is 0 Å². The Morgan fingerprint density at radius 2 is 2.00 bits per heavy atom. The molecule has 3 atom stereocenters. The third-order valence-electron chi connectivity index (χ3n) is 5.06. The third kappa shape index (κ3) is 3.01. The lowest BCUT2D eigenvalue weighted by molar-refractivity contribution is -0.259. The monoisotopic (exact) mass is 389 g/mol. The quantitative estimate of drug-likeness (QED) is 0.648. The van der Waals surface area contributed by atoms with Crippen LogP contribution in [0.15, 0.2) is 24.4 Å². The highest BCUT2D eigenvalue weighted by Gasteiger charge is 2.66. The van der Waals surface area contributed by atoms with Gasteiger partial charge in [0.2, 0.25) is 0 Å². The molecule has 0 saturated carbocycles. The van der Waals surface area contributed by atoms with Gasteiger partial charge in [-0.15, -0.1) is 0 Å². The largest absolute Gasteiger partial charge is 0.419 e. The zero-order chi connectivity index (χ0) is 19.6. The van der Waals surface area contributed by atoms with Gasteiger partial charge in [0.1, 0.15) is 23.8 Å². The molecule has 2 aliphatic heterocycles. The van der Waals surface area contributed by atoms with Crippen molar-refractivity contribution in [1.29, 1.82) is 0 Å². The number of halogens is 5. The summed E-state index contributed by atoms with van der Waals surface area (Å²) in [4.78, 5) is 1.68. The van der Waals surface area contributed by atoms with Crippen LogP contribution < -0.4 is 0 Å². The summed E-state index contributed by atoms with van der Waals surface area (Å²) in [5, 5.41) is 13.9. The minimum atomic E-state index is -4.79. The number of nitrogens with zero attached hydrogens (tertiary/aromatic N) is 3. The van der Waals surface area contributed by atoms with Crippen molar-refractivity contribution in [2.75, 3.05) is 6.54 Å². The van der Waals surface area contributed by atoms with Gasteiger partial charge in [-0.2, -0.15) is 18.3 Å². The molecule has 27 heavy (non-hydrogen) atoms. The summed E-state index contributed by atoms with van der Waals surface area (Å²) in [5.74, 6) is -1.45. The summed E-state index contributed by atoms with van der Waals surface area (Å²) in [5.41, 5.74) is -1.41. The van der Waals surface area contributed by atoms with Crippen LogP contribution in [0, 0.1) is 11.6 Å². The number of rotatable bonds is 3. The molecular formula is C17H16F5N3O2. The maximum absolute atomic E-state index is 14.0. The topological polar surface area (TPSA) is 53.8 Å². The fourth-order valence-electron chi connectivity index (χ4n) is 3.39. The van der Waals surface area contributed by atoms with Gasteiger partial charge in [0.05, 0.1) is 11.9 Å². The summed E-state index contributed by atoms with van der Waals surface area (Å²) in [6.07, 6.45) is -5.10. The molecule has 0 aliphatic carbocycles. The number of alkyl halides is 3. The van der Waals surface area contributed by atoms with Crippen molar-refractivity contribution in [1.82, 2.24) is 14.7 Å². The Balaban J connectivity index is 1.52. The third-order valence-corrected chi connectivity index (χ3v) is 5.06. The number of epoxide rings is 1. The number of benzene rings is 1. The molecule has 146 valence electrons. The fourth-order valence-corrected chi connectivity index (χ4v) is 3.39. The molecule has 0 radical (unpaired) electrons. The van der Waals surface area contributed by atoms with Crippen molar-refractivity contribution in [3.8, 4) is 5.69 Å².